The summed E-state index contributed by atoms with van der Waals surface area (Å²) in [6.07, 6.45) is 5.51. The van der Waals surface area contributed by atoms with E-state index in [-0.39, 0.29) is 12.1 Å². The fraction of sp³-hybridized carbons (Fsp3) is 0.444. The molecule has 12 heavy (non-hydrogen) atoms. The SMILES string of the molecule is O=C1CCC[C@H](c2ccoc2)O1. The largest absolute Gasteiger partial charge is 0.472 e. The molecule has 0 aliphatic carbocycles. The van der Waals surface area contributed by atoms with E-state index in [0.717, 1.165) is 18.4 Å². The Morgan fingerprint density at radius 1 is 1.50 bits per heavy atom. The van der Waals surface area contributed by atoms with Crippen molar-refractivity contribution in [2.75, 3.05) is 0 Å². The van der Waals surface area contributed by atoms with E-state index in [2.05, 4.69) is 0 Å². The molecule has 64 valence electrons. The second-order valence-electron chi connectivity index (χ2n) is 2.93. The van der Waals surface area contributed by atoms with E-state index in [4.69, 9.17) is 9.15 Å². The van der Waals surface area contributed by atoms with Crippen molar-refractivity contribution in [2.45, 2.75) is 25.4 Å². The average molecular weight is 166 g/mol. The van der Waals surface area contributed by atoms with Gasteiger partial charge in [0, 0.05) is 12.0 Å². The summed E-state index contributed by atoms with van der Waals surface area (Å²) in [5.41, 5.74) is 0.961. The number of ether oxygens (including phenoxy) is 1. The molecule has 0 spiro atoms. The number of esters is 1. The van der Waals surface area contributed by atoms with Crippen LogP contribution in [0.3, 0.4) is 0 Å². The van der Waals surface area contributed by atoms with Crippen molar-refractivity contribution in [2.24, 2.45) is 0 Å². The monoisotopic (exact) mass is 166 g/mol. The topological polar surface area (TPSA) is 39.4 Å². The van der Waals surface area contributed by atoms with E-state index < -0.39 is 0 Å². The van der Waals surface area contributed by atoms with E-state index in [0.29, 0.717) is 6.42 Å². The standard InChI is InChI=1S/C9H10O3/c10-9-3-1-2-8(12-9)7-4-5-11-6-7/h4-6,8H,1-3H2/t8-/m1/s1. The molecule has 0 saturated carbocycles. The second-order valence-corrected chi connectivity index (χ2v) is 2.93. The molecule has 1 aliphatic heterocycles. The molecule has 1 aliphatic rings. The van der Waals surface area contributed by atoms with Crippen molar-refractivity contribution in [3.63, 3.8) is 0 Å². The summed E-state index contributed by atoms with van der Waals surface area (Å²) in [4.78, 5) is 10.9. The third kappa shape index (κ3) is 1.35. The van der Waals surface area contributed by atoms with Crippen molar-refractivity contribution in [3.8, 4) is 0 Å². The van der Waals surface area contributed by atoms with Gasteiger partial charge in [0.25, 0.3) is 0 Å². The zero-order valence-electron chi connectivity index (χ0n) is 6.66. The van der Waals surface area contributed by atoms with Gasteiger partial charge < -0.3 is 9.15 Å². The van der Waals surface area contributed by atoms with Crippen molar-refractivity contribution < 1.29 is 13.9 Å². The lowest BCUT2D eigenvalue weighted by molar-refractivity contribution is -0.154. The molecule has 1 saturated heterocycles. The fourth-order valence-corrected chi connectivity index (χ4v) is 1.40. The second kappa shape index (κ2) is 3.01. The quantitative estimate of drug-likeness (QED) is 0.599. The Kier molecular flexibility index (Phi) is 1.86. The molecular weight excluding hydrogens is 156 g/mol. The highest BCUT2D eigenvalue weighted by atomic mass is 16.5. The van der Waals surface area contributed by atoms with Crippen LogP contribution in [0, 0.1) is 0 Å². The predicted molar refractivity (Wildman–Crippen MR) is 41.4 cm³/mol. The highest BCUT2D eigenvalue weighted by Gasteiger charge is 2.22. The highest BCUT2D eigenvalue weighted by molar-refractivity contribution is 5.70. The zero-order chi connectivity index (χ0) is 8.39. The summed E-state index contributed by atoms with van der Waals surface area (Å²) in [7, 11) is 0. The Balaban J connectivity index is 2.09. The third-order valence-corrected chi connectivity index (χ3v) is 2.04. The van der Waals surface area contributed by atoms with E-state index >= 15 is 0 Å². The molecule has 1 atom stereocenters. The van der Waals surface area contributed by atoms with E-state index in [9.17, 15) is 4.79 Å². The first-order valence-corrected chi connectivity index (χ1v) is 4.08. The molecule has 1 fully saturated rings. The molecule has 1 aromatic rings. The van der Waals surface area contributed by atoms with Gasteiger partial charge >= 0.3 is 5.97 Å². The van der Waals surface area contributed by atoms with Crippen molar-refractivity contribution in [1.82, 2.24) is 0 Å². The number of hydrogen-bond acceptors (Lipinski definition) is 3. The minimum absolute atomic E-state index is 0.0787. The Morgan fingerprint density at radius 3 is 3.08 bits per heavy atom. The molecule has 0 amide bonds. The number of cyclic esters (lactones) is 1. The summed E-state index contributed by atoms with van der Waals surface area (Å²) < 4.78 is 10.0. The molecule has 0 radical (unpaired) electrons. The zero-order valence-corrected chi connectivity index (χ0v) is 6.66. The smallest absolute Gasteiger partial charge is 0.306 e. The van der Waals surface area contributed by atoms with E-state index in [1.807, 2.05) is 6.07 Å². The number of rotatable bonds is 1. The van der Waals surface area contributed by atoms with E-state index in [1.54, 1.807) is 12.5 Å². The van der Waals surface area contributed by atoms with Gasteiger partial charge in [0.15, 0.2) is 0 Å². The van der Waals surface area contributed by atoms with Crippen LogP contribution >= 0.6 is 0 Å². The molecule has 1 aromatic heterocycles. The van der Waals surface area contributed by atoms with Gasteiger partial charge in [0.2, 0.25) is 0 Å². The normalized spacial score (nSPS) is 23.7. The first-order chi connectivity index (χ1) is 5.86. The van der Waals surface area contributed by atoms with Gasteiger partial charge in [-0.1, -0.05) is 0 Å². The van der Waals surface area contributed by atoms with Crippen molar-refractivity contribution >= 4 is 5.97 Å². The summed E-state index contributed by atoms with van der Waals surface area (Å²) in [6, 6.07) is 1.84. The molecule has 3 nitrogen and oxygen atoms in total. The maximum Gasteiger partial charge on any atom is 0.306 e. The molecule has 0 unspecified atom stereocenters. The summed E-state index contributed by atoms with van der Waals surface area (Å²) in [6.45, 7) is 0. The van der Waals surface area contributed by atoms with Gasteiger partial charge in [-0.3, -0.25) is 4.79 Å². The van der Waals surface area contributed by atoms with Crippen LogP contribution in [0.5, 0.6) is 0 Å². The van der Waals surface area contributed by atoms with Gasteiger partial charge in [-0.25, -0.2) is 0 Å². The van der Waals surface area contributed by atoms with Crippen molar-refractivity contribution in [1.29, 1.82) is 0 Å². The molecule has 2 heterocycles. The Bertz CT molecular complexity index is 263. The first-order valence-electron chi connectivity index (χ1n) is 4.08. The molecule has 2 rings (SSSR count). The van der Waals surface area contributed by atoms with E-state index in [1.165, 1.54) is 0 Å². The lowest BCUT2D eigenvalue weighted by Gasteiger charge is -2.20. The summed E-state index contributed by atoms with van der Waals surface area (Å²) in [5, 5.41) is 0. The molecule has 3 heteroatoms. The number of furan rings is 1. The van der Waals surface area contributed by atoms with Gasteiger partial charge in [0.1, 0.15) is 6.10 Å². The Hall–Kier alpha value is -1.25. The Morgan fingerprint density at radius 2 is 2.42 bits per heavy atom. The van der Waals surface area contributed by atoms with Crippen LogP contribution in [0.25, 0.3) is 0 Å². The molecule has 0 N–H and O–H groups in total. The van der Waals surface area contributed by atoms with Gasteiger partial charge in [-0.15, -0.1) is 0 Å². The van der Waals surface area contributed by atoms with Crippen LogP contribution in [-0.2, 0) is 9.53 Å². The van der Waals surface area contributed by atoms with Gasteiger partial charge in [-0.2, -0.15) is 0 Å². The number of carbonyl (C=O) groups excluding carboxylic acids is 1. The van der Waals surface area contributed by atoms with Crippen LogP contribution in [0.4, 0.5) is 0 Å². The lowest BCUT2D eigenvalue weighted by atomic mass is 10.0. The minimum Gasteiger partial charge on any atom is -0.472 e. The van der Waals surface area contributed by atoms with Crippen LogP contribution in [0.2, 0.25) is 0 Å². The molecular formula is C9H10O3. The van der Waals surface area contributed by atoms with Crippen LogP contribution in [-0.4, -0.2) is 5.97 Å². The first kappa shape index (κ1) is 7.40. The maximum atomic E-state index is 10.9. The lowest BCUT2D eigenvalue weighted by Crippen LogP contribution is -2.16. The average Bonchev–Trinajstić information content (AvgIpc) is 2.56. The highest BCUT2D eigenvalue weighted by Crippen LogP contribution is 2.28. The van der Waals surface area contributed by atoms with Crippen LogP contribution in [0.1, 0.15) is 30.9 Å². The summed E-state index contributed by atoms with van der Waals surface area (Å²) in [5.74, 6) is -0.104. The van der Waals surface area contributed by atoms with Crippen LogP contribution in [0.15, 0.2) is 23.0 Å². The Labute approximate surface area is 70.3 Å². The third-order valence-electron chi connectivity index (χ3n) is 2.04. The fourth-order valence-electron chi connectivity index (χ4n) is 1.40. The molecule has 0 bridgehead atoms. The number of carbonyl (C=O) groups is 1. The molecule has 0 aromatic carbocycles. The summed E-state index contributed by atoms with van der Waals surface area (Å²) >= 11 is 0. The van der Waals surface area contributed by atoms with Gasteiger partial charge in [-0.05, 0) is 18.9 Å². The van der Waals surface area contributed by atoms with Crippen LogP contribution < -0.4 is 0 Å². The number of hydrogen-bond donors (Lipinski definition) is 0. The predicted octanol–water partition coefficient (Wildman–Crippen LogP) is 2.05. The maximum absolute atomic E-state index is 10.9. The minimum atomic E-state index is -0.104. The van der Waals surface area contributed by atoms with Gasteiger partial charge in [0.05, 0.1) is 12.5 Å². The van der Waals surface area contributed by atoms with Crippen molar-refractivity contribution in [3.05, 3.63) is 24.2 Å².